The summed E-state index contributed by atoms with van der Waals surface area (Å²) in [5.74, 6) is -7.42. The third-order valence-electron chi connectivity index (χ3n) is 10.9. The van der Waals surface area contributed by atoms with E-state index in [4.69, 9.17) is 32.7 Å². The number of hydrogen-bond acceptors (Lipinski definition) is 9. The van der Waals surface area contributed by atoms with Gasteiger partial charge in [-0.15, -0.1) is 0 Å². The summed E-state index contributed by atoms with van der Waals surface area (Å²) in [4.78, 5) is 70.6. The van der Waals surface area contributed by atoms with Gasteiger partial charge in [-0.3, -0.25) is 34.3 Å². The Bertz CT molecular complexity index is 2130. The molecule has 3 aromatic rings. The lowest BCUT2D eigenvalue weighted by Crippen LogP contribution is -2.53. The molecule has 0 bridgehead atoms. The Labute approximate surface area is 330 Å². The highest BCUT2D eigenvalue weighted by molar-refractivity contribution is 9.13. The zero-order chi connectivity index (χ0) is 38.1. The predicted octanol–water partition coefficient (Wildman–Crippen LogP) is 6.70. The first-order chi connectivity index (χ1) is 25.3. The minimum Gasteiger partial charge on any atom is -0.503 e. The number of amides is 4. The number of phenolic OH excluding ortho intramolecular Hbond substituents is 1. The van der Waals surface area contributed by atoms with Gasteiger partial charge in [0.05, 0.1) is 59.0 Å². The second-order valence-electron chi connectivity index (χ2n) is 13.3. The summed E-state index contributed by atoms with van der Waals surface area (Å²) in [6.45, 7) is -0.282. The van der Waals surface area contributed by atoms with E-state index in [1.165, 1.54) is 20.3 Å². The molecular weight excluding hydrogens is 861 g/mol. The molecule has 16 heteroatoms. The summed E-state index contributed by atoms with van der Waals surface area (Å²) >= 11 is 19.8. The Hall–Kier alpha value is -4.11. The van der Waals surface area contributed by atoms with E-state index in [2.05, 4.69) is 37.3 Å². The van der Waals surface area contributed by atoms with E-state index in [-0.39, 0.29) is 46.1 Å². The van der Waals surface area contributed by atoms with Gasteiger partial charge in [-0.05, 0) is 98.1 Å². The Morgan fingerprint density at radius 2 is 1.68 bits per heavy atom. The average molecular weight is 892 g/mol. The number of carboxylic acids is 1. The molecule has 3 fully saturated rings. The van der Waals surface area contributed by atoms with Crippen LogP contribution in [0.1, 0.15) is 36.3 Å². The van der Waals surface area contributed by atoms with Gasteiger partial charge in [-0.2, -0.15) is 5.01 Å². The van der Waals surface area contributed by atoms with Crippen molar-refractivity contribution in [3.8, 4) is 17.2 Å². The van der Waals surface area contributed by atoms with Gasteiger partial charge in [0.1, 0.15) is 5.75 Å². The average Bonchev–Trinajstić information content (AvgIpc) is 3.51. The van der Waals surface area contributed by atoms with Gasteiger partial charge in [-0.25, -0.2) is 0 Å². The van der Waals surface area contributed by atoms with Crippen LogP contribution in [0.3, 0.4) is 0 Å². The lowest BCUT2D eigenvalue weighted by atomic mass is 9.49. The number of phenols is 1. The van der Waals surface area contributed by atoms with E-state index >= 15 is 4.79 Å². The number of anilines is 1. The standard InChI is InChI=1S/C37H31Br2Cl2N3O9/c1-52-18-6-3-16(4-7-18)37-23(34(49)44(36(37)51)42-25-10-5-17(40)13-24(25)41)14-21-19(29(37)22-15-26(53-2)32(47)31(39)30(22)38)8-9-20-28(21)35(50)43(33(20)48)12-11-27(45)46/h3-8,10,13,15,20-21,23,28-29,42,47H,9,11-12,14H2,1-2H3,(H,45,46)/t20-,21+,23-,28-,29+,37+/m0/s1. The zero-order valence-corrected chi connectivity index (χ0v) is 32.8. The van der Waals surface area contributed by atoms with E-state index in [1.807, 2.05) is 6.08 Å². The number of aromatic hydroxyl groups is 1. The summed E-state index contributed by atoms with van der Waals surface area (Å²) in [5.41, 5.74) is 3.12. The molecule has 2 aliphatic carbocycles. The fourth-order valence-corrected chi connectivity index (χ4v) is 10.1. The van der Waals surface area contributed by atoms with Crippen molar-refractivity contribution < 1.29 is 43.7 Å². The minimum atomic E-state index is -1.66. The third kappa shape index (κ3) is 5.71. The van der Waals surface area contributed by atoms with Crippen molar-refractivity contribution in [2.75, 3.05) is 26.2 Å². The predicted molar refractivity (Wildman–Crippen MR) is 200 cm³/mol. The van der Waals surface area contributed by atoms with E-state index in [9.17, 15) is 29.4 Å². The first kappa shape index (κ1) is 37.2. The van der Waals surface area contributed by atoms with Crippen LogP contribution >= 0.6 is 55.1 Å². The van der Waals surface area contributed by atoms with Gasteiger partial charge in [0.25, 0.3) is 11.8 Å². The number of fused-ring (bicyclic) bond motifs is 4. The lowest BCUT2D eigenvalue weighted by molar-refractivity contribution is -0.143. The molecule has 1 saturated carbocycles. The summed E-state index contributed by atoms with van der Waals surface area (Å²) in [7, 11) is 2.89. The molecule has 12 nitrogen and oxygen atoms in total. The summed E-state index contributed by atoms with van der Waals surface area (Å²) < 4.78 is 11.6. The van der Waals surface area contributed by atoms with Gasteiger partial charge in [0.2, 0.25) is 11.8 Å². The second-order valence-corrected chi connectivity index (χ2v) is 15.8. The highest BCUT2D eigenvalue weighted by Crippen LogP contribution is 2.65. The maximum Gasteiger partial charge on any atom is 0.305 e. The number of carboxylic acid groups (broad SMARTS) is 1. The number of methoxy groups -OCH3 is 2. The topological polar surface area (TPSA) is 163 Å². The van der Waals surface area contributed by atoms with E-state index < -0.39 is 71.0 Å². The second kappa shape index (κ2) is 13.9. The first-order valence-electron chi connectivity index (χ1n) is 16.5. The van der Waals surface area contributed by atoms with Crippen LogP contribution in [0.25, 0.3) is 0 Å². The number of hydrogen-bond donors (Lipinski definition) is 3. The lowest BCUT2D eigenvalue weighted by Gasteiger charge is -2.51. The Morgan fingerprint density at radius 1 is 0.962 bits per heavy atom. The van der Waals surface area contributed by atoms with Crippen molar-refractivity contribution in [3.05, 3.63) is 90.3 Å². The van der Waals surface area contributed by atoms with Gasteiger partial charge in [0.15, 0.2) is 11.5 Å². The Balaban J connectivity index is 1.48. The number of imide groups is 2. The highest BCUT2D eigenvalue weighted by Gasteiger charge is 2.70. The van der Waals surface area contributed by atoms with E-state index in [0.717, 1.165) is 9.91 Å². The van der Waals surface area contributed by atoms with Crippen LogP contribution in [0.2, 0.25) is 10.0 Å². The quantitative estimate of drug-likeness (QED) is 0.156. The Kier molecular flexibility index (Phi) is 9.79. The van der Waals surface area contributed by atoms with Crippen molar-refractivity contribution in [2.24, 2.45) is 23.7 Å². The molecule has 3 aromatic carbocycles. The molecule has 276 valence electrons. The molecule has 0 unspecified atom stereocenters. The van der Waals surface area contributed by atoms with Gasteiger partial charge in [0, 0.05) is 22.0 Å². The van der Waals surface area contributed by atoms with Crippen molar-refractivity contribution in [1.29, 1.82) is 0 Å². The number of carbonyl (C=O) groups excluding carboxylic acids is 4. The van der Waals surface area contributed by atoms with Crippen LogP contribution in [0.5, 0.6) is 17.2 Å². The van der Waals surface area contributed by atoms with Crippen molar-refractivity contribution in [1.82, 2.24) is 9.91 Å². The molecule has 4 aliphatic rings. The highest BCUT2D eigenvalue weighted by atomic mass is 79.9. The van der Waals surface area contributed by atoms with Crippen LogP contribution in [0.4, 0.5) is 5.69 Å². The van der Waals surface area contributed by atoms with Crippen LogP contribution in [0.15, 0.2) is 69.1 Å². The maximum atomic E-state index is 15.5. The molecular formula is C37H31Br2Cl2N3O9. The van der Waals surface area contributed by atoms with Crippen LogP contribution in [-0.4, -0.2) is 70.5 Å². The molecule has 4 amide bonds. The van der Waals surface area contributed by atoms with Crippen LogP contribution in [0, 0.1) is 23.7 Å². The number of carbonyl (C=O) groups is 5. The summed E-state index contributed by atoms with van der Waals surface area (Å²) in [6, 6.07) is 13.0. The monoisotopic (exact) mass is 889 g/mol. The number of ether oxygens (including phenoxy) is 2. The molecule has 2 aliphatic heterocycles. The molecule has 0 aromatic heterocycles. The third-order valence-corrected chi connectivity index (χ3v) is 13.6. The SMILES string of the molecule is COc1ccc([C@@]23C(=O)N(Nc4ccc(Cl)cc4Cl)C(=O)[C@@H]2C[C@@H]2C(=CC[C@@H]4C(=O)N(CCC(=O)O)C(=O)[C@@H]42)[C@@H]3c2cc(OC)c(O)c(Br)c2Br)cc1. The normalized spacial score (nSPS) is 26.2. The molecule has 0 radical (unpaired) electrons. The zero-order valence-electron chi connectivity index (χ0n) is 28.1. The number of aliphatic carboxylic acids is 1. The number of likely N-dealkylation sites (tertiary alicyclic amines) is 1. The van der Waals surface area contributed by atoms with Gasteiger partial charge in [-0.1, -0.05) is 47.0 Å². The summed E-state index contributed by atoms with van der Waals surface area (Å²) in [6.07, 6.45) is 1.60. The molecule has 53 heavy (non-hydrogen) atoms. The number of hydrazine groups is 1. The number of nitrogens with zero attached hydrogens (tertiary/aromatic N) is 2. The number of halogens is 4. The van der Waals surface area contributed by atoms with E-state index in [0.29, 0.717) is 31.9 Å². The molecule has 7 rings (SSSR count). The number of allylic oxidation sites excluding steroid dienone is 2. The van der Waals surface area contributed by atoms with Gasteiger partial charge < -0.3 is 19.7 Å². The van der Waals surface area contributed by atoms with Crippen LogP contribution in [-0.2, 0) is 29.4 Å². The number of benzene rings is 3. The molecule has 3 N–H and O–H groups in total. The van der Waals surface area contributed by atoms with Crippen molar-refractivity contribution in [2.45, 2.75) is 30.6 Å². The first-order valence-corrected chi connectivity index (χ1v) is 18.9. The fourth-order valence-electron chi connectivity index (χ4n) is 8.66. The molecule has 2 heterocycles. The van der Waals surface area contributed by atoms with Gasteiger partial charge >= 0.3 is 5.97 Å². The molecule has 2 saturated heterocycles. The maximum absolute atomic E-state index is 15.5. The summed E-state index contributed by atoms with van der Waals surface area (Å²) in [5, 5.41) is 21.8. The smallest absolute Gasteiger partial charge is 0.305 e. The largest absolute Gasteiger partial charge is 0.503 e. The van der Waals surface area contributed by atoms with E-state index in [1.54, 1.807) is 42.5 Å². The number of rotatable bonds is 9. The fraction of sp³-hybridized carbons (Fsp3) is 0.324. The molecule has 0 spiro atoms. The van der Waals surface area contributed by atoms with Crippen LogP contribution < -0.4 is 14.9 Å². The van der Waals surface area contributed by atoms with Crippen molar-refractivity contribution in [3.63, 3.8) is 0 Å². The Morgan fingerprint density at radius 3 is 2.32 bits per heavy atom. The number of nitrogens with one attached hydrogen (secondary N) is 1. The minimum absolute atomic E-state index is 0.00638. The molecule has 6 atom stereocenters. The van der Waals surface area contributed by atoms with Crippen molar-refractivity contribution >= 4 is 90.3 Å².